The first kappa shape index (κ1) is 21.3. The topological polar surface area (TPSA) is 78.7 Å². The fraction of sp³-hybridized carbons (Fsp3) is 0.350. The van der Waals surface area contributed by atoms with E-state index >= 15 is 0 Å². The van der Waals surface area contributed by atoms with Gasteiger partial charge in [-0.25, -0.2) is 8.78 Å². The second-order valence-corrected chi connectivity index (χ2v) is 6.38. The minimum atomic E-state index is -2.88. The highest BCUT2D eigenvalue weighted by atomic mass is 19.3. The van der Waals surface area contributed by atoms with Crippen LogP contribution in [0.15, 0.2) is 36.4 Å². The largest absolute Gasteiger partial charge is 0.496 e. The van der Waals surface area contributed by atoms with Gasteiger partial charge in [-0.2, -0.15) is 0 Å². The molecule has 0 amide bonds. The number of aryl methyl sites for hydroxylation is 1. The van der Waals surface area contributed by atoms with Gasteiger partial charge in [-0.3, -0.25) is 14.9 Å². The van der Waals surface area contributed by atoms with Crippen molar-refractivity contribution in [1.29, 1.82) is 0 Å². The van der Waals surface area contributed by atoms with Crippen LogP contribution in [0.25, 0.3) is 0 Å². The summed E-state index contributed by atoms with van der Waals surface area (Å²) in [6, 6.07) is 8.12. The average Bonchev–Trinajstić information content (AvgIpc) is 2.66. The van der Waals surface area contributed by atoms with Crippen molar-refractivity contribution in [2.45, 2.75) is 32.6 Å². The third-order valence-corrected chi connectivity index (χ3v) is 4.59. The summed E-state index contributed by atoms with van der Waals surface area (Å²) in [5.41, 5.74) is -1.64. The van der Waals surface area contributed by atoms with Gasteiger partial charge in [0.1, 0.15) is 11.2 Å². The van der Waals surface area contributed by atoms with Gasteiger partial charge in [-0.15, -0.1) is 0 Å². The second-order valence-electron chi connectivity index (χ2n) is 6.38. The Morgan fingerprint density at radius 3 is 2.43 bits per heavy atom. The molecule has 0 bridgehead atoms. The maximum atomic E-state index is 13.1. The van der Waals surface area contributed by atoms with E-state index in [0.29, 0.717) is 11.3 Å². The molecular weight excluding hydrogens is 372 g/mol. The summed E-state index contributed by atoms with van der Waals surface area (Å²) in [5.74, 6) is -0.416. The van der Waals surface area contributed by atoms with Gasteiger partial charge in [0.2, 0.25) is 0 Å². The third kappa shape index (κ3) is 3.81. The Hall–Kier alpha value is -3.03. The molecule has 1 atom stereocenters. The van der Waals surface area contributed by atoms with Crippen LogP contribution in [0.5, 0.6) is 5.75 Å². The SMILES string of the molecule is CCOC(=O)C(C)(c1cc(C)ccc1OC)c1ccc(C(F)F)cc1[N+](=O)[O-]. The zero-order chi connectivity index (χ0) is 21.1. The van der Waals surface area contributed by atoms with Gasteiger partial charge < -0.3 is 9.47 Å². The molecule has 2 rings (SSSR count). The van der Waals surface area contributed by atoms with E-state index in [9.17, 15) is 23.7 Å². The Bertz CT molecular complexity index is 900. The predicted octanol–water partition coefficient (Wildman–Crippen LogP) is 4.72. The lowest BCUT2D eigenvalue weighted by Gasteiger charge is -2.30. The number of esters is 1. The van der Waals surface area contributed by atoms with Crippen molar-refractivity contribution in [2.24, 2.45) is 0 Å². The van der Waals surface area contributed by atoms with Crippen LogP contribution >= 0.6 is 0 Å². The molecule has 6 nitrogen and oxygen atoms in total. The Morgan fingerprint density at radius 1 is 1.21 bits per heavy atom. The molecule has 0 aliphatic carbocycles. The molecule has 0 saturated carbocycles. The van der Waals surface area contributed by atoms with Crippen LogP contribution in [0.4, 0.5) is 14.5 Å². The summed E-state index contributed by atoms with van der Waals surface area (Å²) in [5, 5.41) is 11.7. The first-order valence-electron chi connectivity index (χ1n) is 8.56. The number of nitro groups is 1. The summed E-state index contributed by atoms with van der Waals surface area (Å²) in [6.07, 6.45) is -2.88. The van der Waals surface area contributed by atoms with Crippen LogP contribution in [-0.2, 0) is 14.9 Å². The van der Waals surface area contributed by atoms with Gasteiger partial charge in [0, 0.05) is 17.2 Å². The number of nitrogens with zero attached hydrogens (tertiary/aromatic N) is 1. The van der Waals surface area contributed by atoms with Crippen LogP contribution < -0.4 is 4.74 Å². The van der Waals surface area contributed by atoms with Gasteiger partial charge in [-0.1, -0.05) is 29.8 Å². The van der Waals surface area contributed by atoms with E-state index in [1.54, 1.807) is 32.0 Å². The lowest BCUT2D eigenvalue weighted by molar-refractivity contribution is -0.386. The first-order valence-corrected chi connectivity index (χ1v) is 8.56. The molecule has 0 radical (unpaired) electrons. The minimum absolute atomic E-state index is 0.0471. The van der Waals surface area contributed by atoms with Crippen LogP contribution in [0.3, 0.4) is 0 Å². The molecular formula is C20H21F2NO5. The van der Waals surface area contributed by atoms with Crippen LogP contribution in [0, 0.1) is 17.0 Å². The monoisotopic (exact) mass is 393 g/mol. The number of nitro benzene ring substituents is 1. The molecule has 28 heavy (non-hydrogen) atoms. The number of methoxy groups -OCH3 is 1. The van der Waals surface area contributed by atoms with Crippen molar-refractivity contribution >= 4 is 11.7 Å². The molecule has 0 saturated heterocycles. The molecule has 2 aromatic carbocycles. The molecule has 0 heterocycles. The average molecular weight is 393 g/mol. The molecule has 8 heteroatoms. The molecule has 2 aromatic rings. The molecule has 150 valence electrons. The van der Waals surface area contributed by atoms with Crippen molar-refractivity contribution < 1.29 is 28.0 Å². The Labute approximate surface area is 161 Å². The van der Waals surface area contributed by atoms with Crippen LogP contribution in [-0.4, -0.2) is 24.6 Å². The zero-order valence-electron chi connectivity index (χ0n) is 16.0. The normalized spacial score (nSPS) is 13.1. The number of ether oxygens (including phenoxy) is 2. The quantitative estimate of drug-likeness (QED) is 0.386. The Morgan fingerprint density at radius 2 is 1.89 bits per heavy atom. The highest BCUT2D eigenvalue weighted by molar-refractivity contribution is 5.89. The van der Waals surface area contributed by atoms with Crippen molar-refractivity contribution in [2.75, 3.05) is 13.7 Å². The standard InChI is InChI=1S/C20H21F2NO5/c1-5-28-19(24)20(3,15-10-12(2)6-9-17(15)27-4)14-8-7-13(18(21)22)11-16(14)23(25)26/h6-11,18H,5H2,1-4H3. The zero-order valence-corrected chi connectivity index (χ0v) is 16.0. The first-order chi connectivity index (χ1) is 13.2. The van der Waals surface area contributed by atoms with E-state index in [-0.39, 0.29) is 12.2 Å². The van der Waals surface area contributed by atoms with E-state index in [4.69, 9.17) is 9.47 Å². The van der Waals surface area contributed by atoms with E-state index in [0.717, 1.165) is 17.7 Å². The third-order valence-electron chi connectivity index (χ3n) is 4.59. The van der Waals surface area contributed by atoms with Gasteiger partial charge in [0.05, 0.1) is 24.2 Å². The summed E-state index contributed by atoms with van der Waals surface area (Å²) >= 11 is 0. The molecule has 1 unspecified atom stereocenters. The van der Waals surface area contributed by atoms with Crippen molar-refractivity contribution in [3.05, 3.63) is 68.8 Å². The van der Waals surface area contributed by atoms with E-state index in [2.05, 4.69) is 0 Å². The predicted molar refractivity (Wildman–Crippen MR) is 98.9 cm³/mol. The van der Waals surface area contributed by atoms with Gasteiger partial charge in [-0.05, 0) is 26.8 Å². The number of rotatable bonds is 7. The molecule has 0 aliphatic heterocycles. The highest BCUT2D eigenvalue weighted by Crippen LogP contribution is 2.43. The molecule has 0 aliphatic rings. The van der Waals surface area contributed by atoms with Crippen molar-refractivity contribution in [1.82, 2.24) is 0 Å². The Kier molecular flexibility index (Phi) is 6.33. The summed E-state index contributed by atoms with van der Waals surface area (Å²) in [6.45, 7) is 4.92. The molecule has 0 spiro atoms. The number of benzene rings is 2. The minimum Gasteiger partial charge on any atom is -0.496 e. The number of carbonyl (C=O) groups excluding carboxylic acids is 1. The number of alkyl halides is 2. The van der Waals surface area contributed by atoms with Crippen molar-refractivity contribution in [3.63, 3.8) is 0 Å². The van der Waals surface area contributed by atoms with Crippen LogP contribution in [0.1, 0.15) is 42.5 Å². The van der Waals surface area contributed by atoms with E-state index in [1.807, 2.05) is 0 Å². The van der Waals surface area contributed by atoms with Gasteiger partial charge >= 0.3 is 5.97 Å². The Balaban J connectivity index is 2.88. The highest BCUT2D eigenvalue weighted by Gasteiger charge is 2.45. The molecule has 0 aromatic heterocycles. The summed E-state index contributed by atoms with van der Waals surface area (Å²) in [7, 11) is 1.41. The number of halogens is 2. The van der Waals surface area contributed by atoms with Crippen LogP contribution in [0.2, 0.25) is 0 Å². The maximum Gasteiger partial charge on any atom is 0.321 e. The lowest BCUT2D eigenvalue weighted by atomic mass is 9.74. The number of hydrogen-bond acceptors (Lipinski definition) is 5. The lowest BCUT2D eigenvalue weighted by Crippen LogP contribution is -2.37. The van der Waals surface area contributed by atoms with E-state index in [1.165, 1.54) is 20.1 Å². The molecule has 0 fully saturated rings. The second kappa shape index (κ2) is 8.33. The summed E-state index contributed by atoms with van der Waals surface area (Å²) in [4.78, 5) is 23.9. The smallest absolute Gasteiger partial charge is 0.321 e. The number of hydrogen-bond donors (Lipinski definition) is 0. The number of carbonyl (C=O) groups is 1. The van der Waals surface area contributed by atoms with Crippen molar-refractivity contribution in [3.8, 4) is 5.75 Å². The van der Waals surface area contributed by atoms with E-state index < -0.39 is 34.0 Å². The fourth-order valence-electron chi connectivity index (χ4n) is 3.11. The van der Waals surface area contributed by atoms with Gasteiger partial charge in [0.15, 0.2) is 0 Å². The fourth-order valence-corrected chi connectivity index (χ4v) is 3.11. The maximum absolute atomic E-state index is 13.1. The van der Waals surface area contributed by atoms with Gasteiger partial charge in [0.25, 0.3) is 12.1 Å². The molecule has 0 N–H and O–H groups in total. The summed E-state index contributed by atoms with van der Waals surface area (Å²) < 4.78 is 36.7.